The van der Waals surface area contributed by atoms with Gasteiger partial charge in [0.25, 0.3) is 5.91 Å². The second-order valence-corrected chi connectivity index (χ2v) is 4.42. The van der Waals surface area contributed by atoms with Crippen LogP contribution in [0.15, 0.2) is 18.6 Å². The summed E-state index contributed by atoms with van der Waals surface area (Å²) in [5, 5.41) is 2.45. The number of amides is 3. The van der Waals surface area contributed by atoms with Gasteiger partial charge in [-0.3, -0.25) is 19.4 Å². The molecule has 2 rings (SSSR count). The lowest BCUT2D eigenvalue weighted by molar-refractivity contribution is -0.136. The Bertz CT molecular complexity index is 519. The summed E-state index contributed by atoms with van der Waals surface area (Å²) < 4.78 is 0. The van der Waals surface area contributed by atoms with Gasteiger partial charge in [0.15, 0.2) is 0 Å². The summed E-state index contributed by atoms with van der Waals surface area (Å²) in [6.07, 6.45) is 5.45. The van der Waals surface area contributed by atoms with Gasteiger partial charge in [-0.15, -0.1) is 0 Å². The smallest absolute Gasteiger partial charge is 0.271 e. The van der Waals surface area contributed by atoms with Crippen LogP contribution in [0, 0.1) is 0 Å². The maximum Gasteiger partial charge on any atom is 0.271 e. The quantitative estimate of drug-likeness (QED) is 0.707. The van der Waals surface area contributed by atoms with Crippen LogP contribution in [0.5, 0.6) is 0 Å². The van der Waals surface area contributed by atoms with E-state index in [4.69, 9.17) is 5.73 Å². The molecule has 1 saturated heterocycles. The molecule has 0 bridgehead atoms. The predicted molar refractivity (Wildman–Crippen MR) is 68.3 cm³/mol. The molecule has 0 radical (unpaired) electrons. The predicted octanol–water partition coefficient (Wildman–Crippen LogP) is -1.32. The number of primary amides is 1. The van der Waals surface area contributed by atoms with Crippen LogP contribution >= 0.6 is 0 Å². The second kappa shape index (κ2) is 6.09. The van der Waals surface area contributed by atoms with E-state index in [2.05, 4.69) is 15.3 Å². The van der Waals surface area contributed by atoms with Gasteiger partial charge < -0.3 is 16.0 Å². The third kappa shape index (κ3) is 3.08. The lowest BCUT2D eigenvalue weighted by Crippen LogP contribution is -2.47. The maximum atomic E-state index is 12.0. The Morgan fingerprint density at radius 3 is 2.85 bits per heavy atom. The lowest BCUT2D eigenvalue weighted by atomic mass is 10.2. The van der Waals surface area contributed by atoms with Crippen molar-refractivity contribution in [2.75, 3.05) is 13.1 Å². The highest BCUT2D eigenvalue weighted by molar-refractivity contribution is 5.95. The number of aromatic nitrogens is 2. The molecule has 0 saturated carbocycles. The molecule has 3 amide bonds. The van der Waals surface area contributed by atoms with Crippen molar-refractivity contribution in [3.05, 3.63) is 24.3 Å². The highest BCUT2D eigenvalue weighted by atomic mass is 16.2. The largest absolute Gasteiger partial charge is 0.368 e. The van der Waals surface area contributed by atoms with Crippen LogP contribution in [0.25, 0.3) is 0 Å². The van der Waals surface area contributed by atoms with Gasteiger partial charge >= 0.3 is 0 Å². The Balaban J connectivity index is 1.89. The van der Waals surface area contributed by atoms with Crippen molar-refractivity contribution in [3.8, 4) is 0 Å². The van der Waals surface area contributed by atoms with Gasteiger partial charge in [0.2, 0.25) is 11.8 Å². The first-order valence-electron chi connectivity index (χ1n) is 6.22. The third-order valence-corrected chi connectivity index (χ3v) is 3.10. The van der Waals surface area contributed by atoms with Crippen LogP contribution < -0.4 is 11.1 Å². The van der Waals surface area contributed by atoms with E-state index in [9.17, 15) is 14.4 Å². The van der Waals surface area contributed by atoms with Crippen molar-refractivity contribution >= 4 is 17.7 Å². The molecule has 1 fully saturated rings. The Labute approximate surface area is 115 Å². The van der Waals surface area contributed by atoms with Crippen molar-refractivity contribution in [3.63, 3.8) is 0 Å². The summed E-state index contributed by atoms with van der Waals surface area (Å²) in [4.78, 5) is 43.9. The topological polar surface area (TPSA) is 118 Å². The van der Waals surface area contributed by atoms with Gasteiger partial charge in [-0.25, -0.2) is 4.98 Å². The Morgan fingerprint density at radius 2 is 2.20 bits per heavy atom. The van der Waals surface area contributed by atoms with Gasteiger partial charge in [0.1, 0.15) is 11.7 Å². The molecule has 0 aromatic carbocycles. The van der Waals surface area contributed by atoms with Gasteiger partial charge in [0.05, 0.1) is 12.7 Å². The summed E-state index contributed by atoms with van der Waals surface area (Å²) in [5.74, 6) is -1.33. The van der Waals surface area contributed by atoms with E-state index >= 15 is 0 Å². The van der Waals surface area contributed by atoms with Crippen LogP contribution in [0.3, 0.4) is 0 Å². The number of carbonyl (C=O) groups excluding carboxylic acids is 3. The number of likely N-dealkylation sites (tertiary alicyclic amines) is 1. The Morgan fingerprint density at radius 1 is 1.40 bits per heavy atom. The van der Waals surface area contributed by atoms with Crippen LogP contribution in [0.1, 0.15) is 23.3 Å². The van der Waals surface area contributed by atoms with E-state index in [-0.39, 0.29) is 18.1 Å². The fraction of sp³-hybridized carbons (Fsp3) is 0.417. The van der Waals surface area contributed by atoms with Crippen LogP contribution in [-0.4, -0.2) is 51.7 Å². The summed E-state index contributed by atoms with van der Waals surface area (Å²) in [5.41, 5.74) is 5.37. The molecule has 1 aromatic rings. The van der Waals surface area contributed by atoms with Crippen LogP contribution in [0.4, 0.5) is 0 Å². The monoisotopic (exact) mass is 277 g/mol. The molecule has 1 aliphatic heterocycles. The Hall–Kier alpha value is -2.51. The molecule has 1 atom stereocenters. The average Bonchev–Trinajstić information content (AvgIpc) is 2.95. The van der Waals surface area contributed by atoms with Crippen molar-refractivity contribution in [1.82, 2.24) is 20.2 Å². The van der Waals surface area contributed by atoms with E-state index in [1.807, 2.05) is 0 Å². The van der Waals surface area contributed by atoms with E-state index < -0.39 is 17.9 Å². The molecule has 20 heavy (non-hydrogen) atoms. The molecule has 1 aromatic heterocycles. The van der Waals surface area contributed by atoms with E-state index in [0.29, 0.717) is 13.0 Å². The molecule has 0 aliphatic carbocycles. The standard InChI is InChI=1S/C12H15N5O3/c13-11(19)9-2-1-5-17(9)10(18)7-16-12(20)8-6-14-3-4-15-8/h3-4,6,9H,1-2,5,7H2,(H2,13,19)(H,16,20). The van der Waals surface area contributed by atoms with Crippen molar-refractivity contribution < 1.29 is 14.4 Å². The fourth-order valence-corrected chi connectivity index (χ4v) is 2.13. The molecule has 3 N–H and O–H groups in total. The lowest BCUT2D eigenvalue weighted by Gasteiger charge is -2.22. The summed E-state index contributed by atoms with van der Waals surface area (Å²) in [7, 11) is 0. The number of nitrogens with one attached hydrogen (secondary N) is 1. The van der Waals surface area contributed by atoms with Crippen molar-refractivity contribution in [1.29, 1.82) is 0 Å². The highest BCUT2D eigenvalue weighted by Crippen LogP contribution is 2.16. The second-order valence-electron chi connectivity index (χ2n) is 4.42. The number of carbonyl (C=O) groups is 3. The fourth-order valence-electron chi connectivity index (χ4n) is 2.13. The summed E-state index contributed by atoms with van der Waals surface area (Å²) >= 11 is 0. The molecule has 8 heteroatoms. The van der Waals surface area contributed by atoms with E-state index in [1.165, 1.54) is 23.5 Å². The average molecular weight is 277 g/mol. The molecule has 106 valence electrons. The molecule has 1 unspecified atom stereocenters. The normalized spacial score (nSPS) is 17.8. The zero-order chi connectivity index (χ0) is 14.5. The number of hydrogen-bond donors (Lipinski definition) is 2. The van der Waals surface area contributed by atoms with E-state index in [1.54, 1.807) is 0 Å². The van der Waals surface area contributed by atoms with Crippen molar-refractivity contribution in [2.45, 2.75) is 18.9 Å². The first kappa shape index (κ1) is 13.9. The first-order chi connectivity index (χ1) is 9.59. The maximum absolute atomic E-state index is 12.0. The summed E-state index contributed by atoms with van der Waals surface area (Å²) in [6, 6.07) is -0.573. The molecule has 8 nitrogen and oxygen atoms in total. The van der Waals surface area contributed by atoms with Gasteiger partial charge in [-0.2, -0.15) is 0 Å². The highest BCUT2D eigenvalue weighted by Gasteiger charge is 2.32. The van der Waals surface area contributed by atoms with Gasteiger partial charge in [-0.05, 0) is 12.8 Å². The number of nitrogens with two attached hydrogens (primary N) is 1. The Kier molecular flexibility index (Phi) is 4.24. The van der Waals surface area contributed by atoms with E-state index in [0.717, 1.165) is 6.42 Å². The third-order valence-electron chi connectivity index (χ3n) is 3.10. The molecule has 0 spiro atoms. The molecule has 1 aliphatic rings. The van der Waals surface area contributed by atoms with Crippen LogP contribution in [-0.2, 0) is 9.59 Å². The van der Waals surface area contributed by atoms with Crippen molar-refractivity contribution in [2.24, 2.45) is 5.73 Å². The van der Waals surface area contributed by atoms with Crippen LogP contribution in [0.2, 0.25) is 0 Å². The number of rotatable bonds is 4. The van der Waals surface area contributed by atoms with Gasteiger partial charge in [-0.1, -0.05) is 0 Å². The number of nitrogens with zero attached hydrogens (tertiary/aromatic N) is 3. The zero-order valence-corrected chi connectivity index (χ0v) is 10.8. The molecular weight excluding hydrogens is 262 g/mol. The van der Waals surface area contributed by atoms with Gasteiger partial charge in [0, 0.05) is 18.9 Å². The first-order valence-corrected chi connectivity index (χ1v) is 6.22. The number of hydrogen-bond acceptors (Lipinski definition) is 5. The minimum absolute atomic E-state index is 0.133. The SMILES string of the molecule is NC(=O)C1CCCN1C(=O)CNC(=O)c1cnccn1. The minimum Gasteiger partial charge on any atom is -0.368 e. The molecule has 2 heterocycles. The minimum atomic E-state index is -0.573. The zero-order valence-electron chi connectivity index (χ0n) is 10.8. The molecular formula is C12H15N5O3. The summed E-state index contributed by atoms with van der Waals surface area (Å²) in [6.45, 7) is 0.284.